The number of nitrogens with zero attached hydrogens (tertiary/aromatic N) is 2. The number of ether oxygens (including phenoxy) is 1. The number of alkyl halides is 2. The zero-order valence-corrected chi connectivity index (χ0v) is 11.0. The third-order valence-corrected chi connectivity index (χ3v) is 3.00. The van der Waals surface area contributed by atoms with Crippen LogP contribution in [0.25, 0.3) is 11.4 Å². The van der Waals surface area contributed by atoms with Gasteiger partial charge in [0.2, 0.25) is 0 Å². The molecule has 6 heteroatoms. The van der Waals surface area contributed by atoms with Crippen molar-refractivity contribution in [2.45, 2.75) is 17.6 Å². The van der Waals surface area contributed by atoms with Crippen molar-refractivity contribution in [3.05, 3.63) is 36.7 Å². The minimum Gasteiger partial charge on any atom is -0.491 e. The van der Waals surface area contributed by atoms with Crippen LogP contribution in [0.15, 0.2) is 41.6 Å². The van der Waals surface area contributed by atoms with Gasteiger partial charge in [0.25, 0.3) is 5.76 Å². The summed E-state index contributed by atoms with van der Waals surface area (Å²) in [6, 6.07) is 6.71. The number of benzene rings is 1. The molecule has 1 aromatic carbocycles. The van der Waals surface area contributed by atoms with Crippen LogP contribution in [0.4, 0.5) is 8.78 Å². The lowest BCUT2D eigenvalue weighted by Crippen LogP contribution is -1.95. The molecule has 0 aliphatic heterocycles. The van der Waals surface area contributed by atoms with Crippen LogP contribution in [-0.4, -0.2) is 22.3 Å². The molecule has 1 aromatic heterocycles. The lowest BCUT2D eigenvalue weighted by Gasteiger charge is -2.04. The van der Waals surface area contributed by atoms with E-state index >= 15 is 0 Å². The van der Waals surface area contributed by atoms with Gasteiger partial charge < -0.3 is 4.74 Å². The highest BCUT2D eigenvalue weighted by molar-refractivity contribution is 7.99. The minimum absolute atomic E-state index is 0.517. The smallest absolute Gasteiger partial charge is 0.288 e. The maximum absolute atomic E-state index is 12.2. The van der Waals surface area contributed by atoms with Crippen LogP contribution >= 0.6 is 11.8 Å². The summed E-state index contributed by atoms with van der Waals surface area (Å²) in [4.78, 5) is 8.85. The minimum atomic E-state index is -2.41. The molecular weight excluding hydrogens is 270 g/mol. The van der Waals surface area contributed by atoms with Crippen molar-refractivity contribution < 1.29 is 13.5 Å². The molecule has 0 aliphatic carbocycles. The molecule has 0 fully saturated rings. The van der Waals surface area contributed by atoms with Crippen molar-refractivity contribution in [3.63, 3.8) is 0 Å². The van der Waals surface area contributed by atoms with Crippen molar-refractivity contribution in [1.82, 2.24) is 9.97 Å². The summed E-state index contributed by atoms with van der Waals surface area (Å²) in [6.45, 7) is 2.44. The number of aromatic nitrogens is 2. The van der Waals surface area contributed by atoms with Gasteiger partial charge in [-0.25, -0.2) is 9.97 Å². The Morgan fingerprint density at radius 3 is 2.32 bits per heavy atom. The maximum Gasteiger partial charge on any atom is 0.288 e. The van der Waals surface area contributed by atoms with E-state index in [1.165, 1.54) is 0 Å². The quantitative estimate of drug-likeness (QED) is 0.780. The second-order valence-electron chi connectivity index (χ2n) is 3.58. The zero-order chi connectivity index (χ0) is 13.7. The Morgan fingerprint density at radius 1 is 1.16 bits per heavy atom. The van der Waals surface area contributed by atoms with E-state index in [1.54, 1.807) is 36.7 Å². The summed E-state index contributed by atoms with van der Waals surface area (Å²) in [5.74, 6) is -1.26. The van der Waals surface area contributed by atoms with E-state index in [1.807, 2.05) is 6.92 Å². The summed E-state index contributed by atoms with van der Waals surface area (Å²) >= 11 is 0.517. The Hall–Kier alpha value is -1.69. The Kier molecular flexibility index (Phi) is 4.68. The molecule has 3 nitrogen and oxygen atoms in total. The predicted molar refractivity (Wildman–Crippen MR) is 70.5 cm³/mol. The van der Waals surface area contributed by atoms with Crippen LogP contribution < -0.4 is 4.74 Å². The van der Waals surface area contributed by atoms with E-state index in [9.17, 15) is 8.78 Å². The van der Waals surface area contributed by atoms with Gasteiger partial charge in [0.15, 0.2) is 11.6 Å². The molecule has 19 heavy (non-hydrogen) atoms. The molecule has 0 radical (unpaired) electrons. The largest absolute Gasteiger partial charge is 0.491 e. The Morgan fingerprint density at radius 2 is 1.79 bits per heavy atom. The SMILES string of the molecule is CCOc1cnc(-c2ccc(SC(F)F)cc2)nc1. The van der Waals surface area contributed by atoms with E-state index in [2.05, 4.69) is 9.97 Å². The first-order chi connectivity index (χ1) is 9.19. The van der Waals surface area contributed by atoms with E-state index < -0.39 is 5.76 Å². The van der Waals surface area contributed by atoms with Crippen molar-refractivity contribution in [3.8, 4) is 17.1 Å². The van der Waals surface area contributed by atoms with Gasteiger partial charge in [-0.2, -0.15) is 8.78 Å². The van der Waals surface area contributed by atoms with E-state index in [-0.39, 0.29) is 0 Å². The number of halogens is 2. The first-order valence-corrected chi connectivity index (χ1v) is 6.57. The van der Waals surface area contributed by atoms with E-state index in [4.69, 9.17) is 4.74 Å². The van der Waals surface area contributed by atoms with Gasteiger partial charge in [-0.3, -0.25) is 0 Å². The third kappa shape index (κ3) is 3.89. The highest BCUT2D eigenvalue weighted by atomic mass is 32.2. The monoisotopic (exact) mass is 282 g/mol. The summed E-state index contributed by atoms with van der Waals surface area (Å²) in [5, 5.41) is 0. The van der Waals surface area contributed by atoms with Crippen LogP contribution in [0.1, 0.15) is 6.92 Å². The van der Waals surface area contributed by atoms with Crippen molar-refractivity contribution in [1.29, 1.82) is 0 Å². The molecule has 0 amide bonds. The van der Waals surface area contributed by atoms with Crippen LogP contribution in [-0.2, 0) is 0 Å². The lowest BCUT2D eigenvalue weighted by atomic mass is 10.2. The molecule has 0 N–H and O–H groups in total. The fourth-order valence-corrected chi connectivity index (χ4v) is 1.99. The fourth-order valence-electron chi connectivity index (χ4n) is 1.49. The molecule has 1 heterocycles. The Bertz CT molecular complexity index is 517. The Labute approximate surface area is 114 Å². The summed E-state index contributed by atoms with van der Waals surface area (Å²) in [7, 11) is 0. The molecule has 0 saturated heterocycles. The highest BCUT2D eigenvalue weighted by Gasteiger charge is 2.06. The van der Waals surface area contributed by atoms with E-state index in [0.29, 0.717) is 34.8 Å². The van der Waals surface area contributed by atoms with Crippen LogP contribution in [0.5, 0.6) is 5.75 Å². The zero-order valence-electron chi connectivity index (χ0n) is 10.2. The maximum atomic E-state index is 12.2. The predicted octanol–water partition coefficient (Wildman–Crippen LogP) is 3.86. The van der Waals surface area contributed by atoms with Crippen molar-refractivity contribution >= 4 is 11.8 Å². The van der Waals surface area contributed by atoms with Crippen molar-refractivity contribution in [2.75, 3.05) is 6.61 Å². The lowest BCUT2D eigenvalue weighted by molar-refractivity contribution is 0.252. The molecule has 2 rings (SSSR count). The third-order valence-electron chi connectivity index (χ3n) is 2.28. The standard InChI is InChI=1S/C13H12F2N2OS/c1-2-18-10-7-16-12(17-8-10)9-3-5-11(6-4-9)19-13(14)15/h3-8,13H,2H2,1H3. The second kappa shape index (κ2) is 6.47. The number of hydrogen-bond acceptors (Lipinski definition) is 4. The van der Waals surface area contributed by atoms with Crippen LogP contribution in [0, 0.1) is 0 Å². The molecule has 0 unspecified atom stereocenters. The molecule has 0 aliphatic rings. The van der Waals surface area contributed by atoms with Crippen molar-refractivity contribution in [2.24, 2.45) is 0 Å². The summed E-state index contributed by atoms with van der Waals surface area (Å²) < 4.78 is 29.6. The molecule has 0 saturated carbocycles. The molecular formula is C13H12F2N2OS. The highest BCUT2D eigenvalue weighted by Crippen LogP contribution is 2.27. The Balaban J connectivity index is 2.13. The van der Waals surface area contributed by atoms with E-state index in [0.717, 1.165) is 5.56 Å². The number of thioether (sulfide) groups is 1. The van der Waals surface area contributed by atoms with Gasteiger partial charge in [0.05, 0.1) is 19.0 Å². The van der Waals surface area contributed by atoms with Crippen LogP contribution in [0.3, 0.4) is 0 Å². The van der Waals surface area contributed by atoms with Gasteiger partial charge >= 0.3 is 0 Å². The second-order valence-corrected chi connectivity index (χ2v) is 4.64. The van der Waals surface area contributed by atoms with Gasteiger partial charge in [-0.1, -0.05) is 23.9 Å². The molecule has 100 valence electrons. The molecule has 2 aromatic rings. The molecule has 0 atom stereocenters. The topological polar surface area (TPSA) is 35.0 Å². The fraction of sp³-hybridized carbons (Fsp3) is 0.231. The van der Waals surface area contributed by atoms with Crippen LogP contribution in [0.2, 0.25) is 0 Å². The van der Waals surface area contributed by atoms with Gasteiger partial charge in [-0.15, -0.1) is 0 Å². The van der Waals surface area contributed by atoms with Gasteiger partial charge in [0.1, 0.15) is 0 Å². The van der Waals surface area contributed by atoms with Gasteiger partial charge in [-0.05, 0) is 19.1 Å². The molecule has 0 bridgehead atoms. The summed E-state index contributed by atoms with van der Waals surface area (Å²) in [6.07, 6.45) is 3.18. The molecule has 0 spiro atoms. The first-order valence-electron chi connectivity index (χ1n) is 5.69. The average molecular weight is 282 g/mol. The first kappa shape index (κ1) is 13.7. The summed E-state index contributed by atoms with van der Waals surface area (Å²) in [5.41, 5.74) is 0.779. The van der Waals surface area contributed by atoms with Gasteiger partial charge in [0, 0.05) is 10.5 Å². The number of hydrogen-bond donors (Lipinski definition) is 0. The average Bonchev–Trinajstić information content (AvgIpc) is 2.40. The number of rotatable bonds is 5. The normalized spacial score (nSPS) is 10.7.